The Bertz CT molecular complexity index is 595. The van der Waals surface area contributed by atoms with Gasteiger partial charge >= 0.3 is 0 Å². The summed E-state index contributed by atoms with van der Waals surface area (Å²) in [5.41, 5.74) is 0.878. The molecule has 0 atom stereocenters. The highest BCUT2D eigenvalue weighted by Crippen LogP contribution is 2.38. The van der Waals surface area contributed by atoms with E-state index in [1.807, 2.05) is 17.0 Å². The smallest absolute Gasteiger partial charge is 0.227 e. The number of nitrogens with zero attached hydrogens (tertiary/aromatic N) is 2. The van der Waals surface area contributed by atoms with Crippen molar-refractivity contribution < 1.29 is 19.0 Å². The van der Waals surface area contributed by atoms with E-state index in [1.165, 1.54) is 25.7 Å². The van der Waals surface area contributed by atoms with Crippen molar-refractivity contribution in [3.63, 3.8) is 0 Å². The van der Waals surface area contributed by atoms with Crippen molar-refractivity contribution in [1.29, 1.82) is 0 Å². The third-order valence-electron chi connectivity index (χ3n) is 5.59. The van der Waals surface area contributed by atoms with Crippen molar-refractivity contribution in [3.05, 3.63) is 17.7 Å². The van der Waals surface area contributed by atoms with Gasteiger partial charge in [0.1, 0.15) is 0 Å². The number of piperazine rings is 1. The van der Waals surface area contributed by atoms with Crippen LogP contribution in [-0.2, 0) is 11.2 Å². The number of benzene rings is 1. The van der Waals surface area contributed by atoms with E-state index < -0.39 is 0 Å². The first kappa shape index (κ1) is 18.8. The number of carbonyl (C=O) groups is 1. The van der Waals surface area contributed by atoms with Gasteiger partial charge in [0.05, 0.1) is 27.8 Å². The summed E-state index contributed by atoms with van der Waals surface area (Å²) < 4.78 is 16.1. The van der Waals surface area contributed by atoms with E-state index in [4.69, 9.17) is 14.2 Å². The maximum absolute atomic E-state index is 12.7. The van der Waals surface area contributed by atoms with E-state index in [-0.39, 0.29) is 5.91 Å². The highest BCUT2D eigenvalue weighted by Gasteiger charge is 2.28. The summed E-state index contributed by atoms with van der Waals surface area (Å²) in [6, 6.07) is 4.45. The highest BCUT2D eigenvalue weighted by atomic mass is 16.5. The third-order valence-corrected chi connectivity index (χ3v) is 5.59. The molecule has 1 heterocycles. The van der Waals surface area contributed by atoms with Gasteiger partial charge in [0.15, 0.2) is 11.5 Å². The Morgan fingerprint density at radius 2 is 1.54 bits per heavy atom. The van der Waals surface area contributed by atoms with Crippen LogP contribution in [0.2, 0.25) is 0 Å². The van der Waals surface area contributed by atoms with E-state index in [0.29, 0.717) is 23.7 Å². The van der Waals surface area contributed by atoms with Crippen molar-refractivity contribution in [2.24, 2.45) is 0 Å². The minimum Gasteiger partial charge on any atom is -0.493 e. The largest absolute Gasteiger partial charge is 0.493 e. The molecule has 0 bridgehead atoms. The van der Waals surface area contributed by atoms with E-state index >= 15 is 0 Å². The van der Waals surface area contributed by atoms with Crippen LogP contribution in [0.25, 0.3) is 0 Å². The number of hydrogen-bond donors (Lipinski definition) is 0. The van der Waals surface area contributed by atoms with Crippen LogP contribution >= 0.6 is 0 Å². The van der Waals surface area contributed by atoms with Crippen LogP contribution in [0.5, 0.6) is 17.2 Å². The van der Waals surface area contributed by atoms with Crippen molar-refractivity contribution in [2.75, 3.05) is 47.5 Å². The summed E-state index contributed by atoms with van der Waals surface area (Å²) in [4.78, 5) is 17.3. The van der Waals surface area contributed by atoms with Gasteiger partial charge < -0.3 is 19.1 Å². The maximum Gasteiger partial charge on any atom is 0.227 e. The lowest BCUT2D eigenvalue weighted by atomic mass is 10.1. The summed E-state index contributed by atoms with van der Waals surface area (Å²) >= 11 is 0. The molecule has 144 valence electrons. The van der Waals surface area contributed by atoms with E-state index in [0.717, 1.165) is 37.8 Å². The molecule has 6 nitrogen and oxygen atoms in total. The average molecular weight is 362 g/mol. The Labute approximate surface area is 156 Å². The van der Waals surface area contributed by atoms with Crippen LogP contribution < -0.4 is 14.2 Å². The van der Waals surface area contributed by atoms with Gasteiger partial charge in [-0.05, 0) is 30.5 Å². The van der Waals surface area contributed by atoms with Crippen LogP contribution in [0.4, 0.5) is 0 Å². The molecule has 1 aliphatic carbocycles. The van der Waals surface area contributed by atoms with E-state index in [1.54, 1.807) is 21.3 Å². The number of rotatable bonds is 6. The minimum absolute atomic E-state index is 0.158. The van der Waals surface area contributed by atoms with Gasteiger partial charge in [0, 0.05) is 32.2 Å². The Morgan fingerprint density at radius 3 is 2.04 bits per heavy atom. The monoisotopic (exact) mass is 362 g/mol. The molecule has 0 radical (unpaired) electrons. The fourth-order valence-electron chi connectivity index (χ4n) is 4.13. The van der Waals surface area contributed by atoms with E-state index in [2.05, 4.69) is 4.90 Å². The third kappa shape index (κ3) is 4.06. The number of carbonyl (C=O) groups excluding carboxylic acids is 1. The predicted octanol–water partition coefficient (Wildman–Crippen LogP) is 2.34. The quantitative estimate of drug-likeness (QED) is 0.777. The number of ether oxygens (including phenoxy) is 3. The molecule has 3 rings (SSSR count). The number of amides is 1. The second-order valence-corrected chi connectivity index (χ2v) is 7.07. The zero-order valence-electron chi connectivity index (χ0n) is 16.1. The molecule has 0 aromatic heterocycles. The van der Waals surface area contributed by atoms with Crippen molar-refractivity contribution in [1.82, 2.24) is 9.80 Å². The van der Waals surface area contributed by atoms with Gasteiger partial charge in [-0.3, -0.25) is 9.69 Å². The second kappa shape index (κ2) is 8.62. The van der Waals surface area contributed by atoms with Gasteiger partial charge in [-0.1, -0.05) is 12.8 Å². The molecule has 0 spiro atoms. The Morgan fingerprint density at radius 1 is 0.962 bits per heavy atom. The normalized spacial score (nSPS) is 18.8. The molecule has 0 unspecified atom stereocenters. The molecule has 0 N–H and O–H groups in total. The first-order valence-electron chi connectivity index (χ1n) is 9.47. The van der Waals surface area contributed by atoms with Crippen molar-refractivity contribution in [3.8, 4) is 17.2 Å². The van der Waals surface area contributed by atoms with Gasteiger partial charge in [0.2, 0.25) is 11.7 Å². The number of methoxy groups -OCH3 is 3. The summed E-state index contributed by atoms with van der Waals surface area (Å²) in [6.07, 6.45) is 5.69. The first-order chi connectivity index (χ1) is 12.7. The van der Waals surface area contributed by atoms with Gasteiger partial charge in [-0.2, -0.15) is 0 Å². The fraction of sp³-hybridized carbons (Fsp3) is 0.650. The lowest BCUT2D eigenvalue weighted by Crippen LogP contribution is -2.51. The summed E-state index contributed by atoms with van der Waals surface area (Å²) in [7, 11) is 4.76. The zero-order chi connectivity index (χ0) is 18.5. The van der Waals surface area contributed by atoms with Crippen molar-refractivity contribution >= 4 is 5.91 Å². The molecular formula is C20H30N2O4. The standard InChI is InChI=1S/C20H30N2O4/c1-24-17-12-15(13-18(25-2)20(17)26-3)14-19(23)22-10-8-21(9-11-22)16-6-4-5-7-16/h12-13,16H,4-11,14H2,1-3H3. The first-order valence-corrected chi connectivity index (χ1v) is 9.47. The second-order valence-electron chi connectivity index (χ2n) is 7.07. The Hall–Kier alpha value is -1.95. The van der Waals surface area contributed by atoms with E-state index in [9.17, 15) is 4.79 Å². The van der Waals surface area contributed by atoms with Crippen LogP contribution in [0.3, 0.4) is 0 Å². The Kier molecular flexibility index (Phi) is 6.25. The van der Waals surface area contributed by atoms with Crippen LogP contribution in [-0.4, -0.2) is 69.3 Å². The summed E-state index contributed by atoms with van der Waals surface area (Å²) in [5.74, 6) is 1.88. The molecule has 1 amide bonds. The molecule has 26 heavy (non-hydrogen) atoms. The van der Waals surface area contributed by atoms with Gasteiger partial charge in [-0.15, -0.1) is 0 Å². The summed E-state index contributed by atoms with van der Waals surface area (Å²) in [5, 5.41) is 0. The molecule has 2 fully saturated rings. The van der Waals surface area contributed by atoms with Crippen molar-refractivity contribution in [2.45, 2.75) is 38.1 Å². The minimum atomic E-state index is 0.158. The molecular weight excluding hydrogens is 332 g/mol. The van der Waals surface area contributed by atoms with Gasteiger partial charge in [-0.25, -0.2) is 0 Å². The average Bonchev–Trinajstić information content (AvgIpc) is 3.22. The van der Waals surface area contributed by atoms with Crippen LogP contribution in [0.1, 0.15) is 31.2 Å². The fourth-order valence-corrected chi connectivity index (χ4v) is 4.13. The lowest BCUT2D eigenvalue weighted by molar-refractivity contribution is -0.132. The molecule has 1 aromatic carbocycles. The molecule has 1 aromatic rings. The molecule has 2 aliphatic rings. The highest BCUT2D eigenvalue weighted by molar-refractivity contribution is 5.79. The van der Waals surface area contributed by atoms with Crippen LogP contribution in [0, 0.1) is 0 Å². The lowest BCUT2D eigenvalue weighted by Gasteiger charge is -2.38. The topological polar surface area (TPSA) is 51.2 Å². The van der Waals surface area contributed by atoms with Crippen LogP contribution in [0.15, 0.2) is 12.1 Å². The molecule has 1 saturated carbocycles. The molecule has 1 aliphatic heterocycles. The molecule has 6 heteroatoms. The van der Waals surface area contributed by atoms with Gasteiger partial charge in [0.25, 0.3) is 0 Å². The Balaban J connectivity index is 1.61. The zero-order valence-corrected chi connectivity index (χ0v) is 16.1. The molecule has 1 saturated heterocycles. The summed E-state index contributed by atoms with van der Waals surface area (Å²) in [6.45, 7) is 3.62. The predicted molar refractivity (Wildman–Crippen MR) is 100 cm³/mol. The number of hydrogen-bond acceptors (Lipinski definition) is 5. The SMILES string of the molecule is COc1cc(CC(=O)N2CCN(C3CCCC3)CC2)cc(OC)c1OC. The maximum atomic E-state index is 12.7.